The minimum atomic E-state index is -0.619. The summed E-state index contributed by atoms with van der Waals surface area (Å²) in [4.78, 5) is 13.5. The lowest BCUT2D eigenvalue weighted by Gasteiger charge is -2.28. The van der Waals surface area contributed by atoms with Crippen LogP contribution in [0, 0.1) is 11.6 Å². The Labute approximate surface area is 122 Å². The second-order valence-electron chi connectivity index (χ2n) is 4.68. The van der Waals surface area contributed by atoms with Gasteiger partial charge in [-0.3, -0.25) is 4.79 Å². The maximum atomic E-state index is 13.7. The molecule has 2 atom stereocenters. The van der Waals surface area contributed by atoms with E-state index >= 15 is 0 Å². The van der Waals surface area contributed by atoms with Crippen LogP contribution in [0.5, 0.6) is 0 Å². The zero-order chi connectivity index (χ0) is 15.3. The van der Waals surface area contributed by atoms with Crippen molar-refractivity contribution >= 4 is 17.7 Å². The number of benzene rings is 1. The molecule has 0 aliphatic rings. The van der Waals surface area contributed by atoms with Crippen molar-refractivity contribution in [2.75, 3.05) is 19.1 Å². The molecule has 1 aromatic carbocycles. The summed E-state index contributed by atoms with van der Waals surface area (Å²) in [5.41, 5.74) is 5.97. The number of hydrogen-bond acceptors (Lipinski definition) is 3. The van der Waals surface area contributed by atoms with Gasteiger partial charge in [0.1, 0.15) is 11.6 Å². The maximum absolute atomic E-state index is 13.7. The van der Waals surface area contributed by atoms with Crippen LogP contribution in [0.3, 0.4) is 0 Å². The quantitative estimate of drug-likeness (QED) is 0.878. The molecule has 0 bridgehead atoms. The molecule has 0 heterocycles. The molecule has 0 fully saturated rings. The zero-order valence-electron chi connectivity index (χ0n) is 11.9. The van der Waals surface area contributed by atoms with Crippen LogP contribution in [0.4, 0.5) is 8.78 Å². The van der Waals surface area contributed by atoms with Gasteiger partial charge < -0.3 is 10.6 Å². The Bertz CT molecular complexity index is 470. The third-order valence-electron chi connectivity index (χ3n) is 3.29. The number of amides is 1. The maximum Gasteiger partial charge on any atom is 0.239 e. The standard InChI is InChI=1S/C14H20F2N2OS/c1-9(11-8-10(15)4-5-12(11)16)18(2)14(19)13(17)6-7-20-3/h4-5,8-9,13H,6-7,17H2,1-3H3/t9?,13-/m0/s1. The van der Waals surface area contributed by atoms with Gasteiger partial charge in [-0.2, -0.15) is 11.8 Å². The summed E-state index contributed by atoms with van der Waals surface area (Å²) in [7, 11) is 1.55. The number of carbonyl (C=O) groups excluding carboxylic acids is 1. The van der Waals surface area contributed by atoms with E-state index in [0.717, 1.165) is 24.0 Å². The monoisotopic (exact) mass is 302 g/mol. The highest BCUT2D eigenvalue weighted by Crippen LogP contribution is 2.23. The van der Waals surface area contributed by atoms with Gasteiger partial charge in [0.25, 0.3) is 0 Å². The van der Waals surface area contributed by atoms with Crippen LogP contribution in [0.25, 0.3) is 0 Å². The van der Waals surface area contributed by atoms with E-state index in [1.165, 1.54) is 4.90 Å². The summed E-state index contributed by atoms with van der Waals surface area (Å²) >= 11 is 1.61. The Balaban J connectivity index is 2.82. The summed E-state index contributed by atoms with van der Waals surface area (Å²) in [6, 6.07) is 2.03. The van der Waals surface area contributed by atoms with Crippen LogP contribution >= 0.6 is 11.8 Å². The molecule has 0 aromatic heterocycles. The van der Waals surface area contributed by atoms with Crippen molar-refractivity contribution in [1.29, 1.82) is 0 Å². The van der Waals surface area contributed by atoms with Crippen LogP contribution in [-0.2, 0) is 4.79 Å². The molecular weight excluding hydrogens is 282 g/mol. The molecule has 0 radical (unpaired) electrons. The Morgan fingerprint density at radius 2 is 2.10 bits per heavy atom. The fourth-order valence-electron chi connectivity index (χ4n) is 1.86. The van der Waals surface area contributed by atoms with E-state index in [9.17, 15) is 13.6 Å². The van der Waals surface area contributed by atoms with E-state index in [4.69, 9.17) is 5.73 Å². The number of nitrogens with zero attached hydrogens (tertiary/aromatic N) is 1. The zero-order valence-corrected chi connectivity index (χ0v) is 12.7. The molecule has 2 N–H and O–H groups in total. The van der Waals surface area contributed by atoms with Crippen LogP contribution < -0.4 is 5.73 Å². The van der Waals surface area contributed by atoms with E-state index in [1.54, 1.807) is 25.7 Å². The minimum absolute atomic E-state index is 0.151. The number of rotatable bonds is 6. The molecular formula is C14H20F2N2OS. The lowest BCUT2D eigenvalue weighted by atomic mass is 10.1. The first-order valence-corrected chi connectivity index (χ1v) is 7.74. The normalized spacial score (nSPS) is 13.9. The second-order valence-corrected chi connectivity index (χ2v) is 5.66. The molecule has 1 rings (SSSR count). The number of nitrogens with two attached hydrogens (primary N) is 1. The molecule has 20 heavy (non-hydrogen) atoms. The van der Waals surface area contributed by atoms with Crippen molar-refractivity contribution < 1.29 is 13.6 Å². The third kappa shape index (κ3) is 4.18. The predicted molar refractivity (Wildman–Crippen MR) is 78.5 cm³/mol. The summed E-state index contributed by atoms with van der Waals surface area (Å²) in [6.45, 7) is 1.65. The summed E-state index contributed by atoms with van der Waals surface area (Å²) in [6.07, 6.45) is 2.49. The Morgan fingerprint density at radius 3 is 2.70 bits per heavy atom. The SMILES string of the molecule is CSCC[C@H](N)C(=O)N(C)C(C)c1cc(F)ccc1F. The predicted octanol–water partition coefficient (Wildman–Crippen LogP) is 2.56. The molecule has 0 spiro atoms. The molecule has 3 nitrogen and oxygen atoms in total. The Hall–Kier alpha value is -1.14. The molecule has 6 heteroatoms. The first-order valence-electron chi connectivity index (χ1n) is 6.34. The van der Waals surface area contributed by atoms with E-state index in [1.807, 2.05) is 6.26 Å². The molecule has 112 valence electrons. The van der Waals surface area contributed by atoms with Crippen molar-refractivity contribution in [2.45, 2.75) is 25.4 Å². The summed E-state index contributed by atoms with van der Waals surface area (Å²) < 4.78 is 26.9. The van der Waals surface area contributed by atoms with Crippen molar-refractivity contribution in [3.05, 3.63) is 35.4 Å². The van der Waals surface area contributed by atoms with E-state index in [-0.39, 0.29) is 11.5 Å². The van der Waals surface area contributed by atoms with Crippen LogP contribution in [0.2, 0.25) is 0 Å². The van der Waals surface area contributed by atoms with Crippen molar-refractivity contribution in [3.63, 3.8) is 0 Å². The van der Waals surface area contributed by atoms with Crippen LogP contribution in [-0.4, -0.2) is 35.9 Å². The Kier molecular flexibility index (Phi) is 6.42. The van der Waals surface area contributed by atoms with Gasteiger partial charge in [-0.05, 0) is 43.6 Å². The smallest absolute Gasteiger partial charge is 0.239 e. The number of likely N-dealkylation sites (N-methyl/N-ethyl adjacent to an activating group) is 1. The number of carbonyl (C=O) groups is 1. The van der Waals surface area contributed by atoms with Gasteiger partial charge in [0.15, 0.2) is 0 Å². The van der Waals surface area contributed by atoms with Crippen molar-refractivity contribution in [3.8, 4) is 0 Å². The van der Waals surface area contributed by atoms with Gasteiger partial charge in [-0.25, -0.2) is 8.78 Å². The van der Waals surface area contributed by atoms with Crippen LogP contribution in [0.1, 0.15) is 24.9 Å². The lowest BCUT2D eigenvalue weighted by molar-refractivity contribution is -0.133. The van der Waals surface area contributed by atoms with Gasteiger partial charge in [0, 0.05) is 12.6 Å². The molecule has 0 saturated heterocycles. The largest absolute Gasteiger partial charge is 0.338 e. The average Bonchev–Trinajstić information content (AvgIpc) is 2.44. The first kappa shape index (κ1) is 16.9. The second kappa shape index (κ2) is 7.59. The topological polar surface area (TPSA) is 46.3 Å². The van der Waals surface area contributed by atoms with Gasteiger partial charge in [-0.15, -0.1) is 0 Å². The highest BCUT2D eigenvalue weighted by atomic mass is 32.2. The summed E-state index contributed by atoms with van der Waals surface area (Å²) in [5.74, 6) is -0.545. The Morgan fingerprint density at radius 1 is 1.45 bits per heavy atom. The van der Waals surface area contributed by atoms with E-state index in [0.29, 0.717) is 6.42 Å². The van der Waals surface area contributed by atoms with Gasteiger partial charge in [0.2, 0.25) is 5.91 Å². The molecule has 1 aromatic rings. The molecule has 1 amide bonds. The molecule has 0 aliphatic carbocycles. The van der Waals surface area contributed by atoms with Gasteiger partial charge in [-0.1, -0.05) is 0 Å². The number of halogens is 2. The fourth-order valence-corrected chi connectivity index (χ4v) is 2.35. The third-order valence-corrected chi connectivity index (χ3v) is 3.93. The van der Waals surface area contributed by atoms with E-state index < -0.39 is 23.7 Å². The highest BCUT2D eigenvalue weighted by Gasteiger charge is 2.24. The number of thioether (sulfide) groups is 1. The molecule has 1 unspecified atom stereocenters. The highest BCUT2D eigenvalue weighted by molar-refractivity contribution is 7.98. The first-order chi connectivity index (χ1) is 9.38. The van der Waals surface area contributed by atoms with Gasteiger partial charge >= 0.3 is 0 Å². The van der Waals surface area contributed by atoms with Crippen molar-refractivity contribution in [2.24, 2.45) is 5.73 Å². The van der Waals surface area contributed by atoms with Crippen LogP contribution in [0.15, 0.2) is 18.2 Å². The lowest BCUT2D eigenvalue weighted by Crippen LogP contribution is -2.43. The minimum Gasteiger partial charge on any atom is -0.338 e. The molecule has 0 aliphatic heterocycles. The average molecular weight is 302 g/mol. The number of hydrogen-bond donors (Lipinski definition) is 1. The molecule has 0 saturated carbocycles. The van der Waals surface area contributed by atoms with E-state index in [2.05, 4.69) is 0 Å². The summed E-state index contributed by atoms with van der Waals surface area (Å²) in [5, 5.41) is 0. The van der Waals surface area contributed by atoms with Crippen molar-refractivity contribution in [1.82, 2.24) is 4.90 Å². The fraction of sp³-hybridized carbons (Fsp3) is 0.500. The van der Waals surface area contributed by atoms with Gasteiger partial charge in [0.05, 0.1) is 12.1 Å².